The minimum absolute atomic E-state index is 0.0220. The molecule has 0 saturated carbocycles. The summed E-state index contributed by atoms with van der Waals surface area (Å²) in [4.78, 5) is 23.2. The number of amides is 1. The van der Waals surface area contributed by atoms with Crippen LogP contribution in [0.2, 0.25) is 5.02 Å². The Morgan fingerprint density at radius 3 is 2.65 bits per heavy atom. The van der Waals surface area contributed by atoms with Gasteiger partial charge in [0, 0.05) is 11.4 Å². The Morgan fingerprint density at radius 1 is 1.22 bits per heavy atom. The van der Waals surface area contributed by atoms with Gasteiger partial charge in [0.25, 0.3) is 0 Å². The number of rotatable bonds is 5. The number of hydrogen-bond acceptors (Lipinski definition) is 3. The molecular formula is C17H15ClFNO3. The SMILES string of the molecule is COC(=O)c1ccc(NC(=O)CCc2cccc(Cl)c2)c(F)c1. The van der Waals surface area contributed by atoms with Gasteiger partial charge >= 0.3 is 5.97 Å². The lowest BCUT2D eigenvalue weighted by molar-refractivity contribution is -0.116. The summed E-state index contributed by atoms with van der Waals surface area (Å²) in [7, 11) is 1.21. The summed E-state index contributed by atoms with van der Waals surface area (Å²) >= 11 is 5.88. The number of halogens is 2. The maximum atomic E-state index is 13.9. The van der Waals surface area contributed by atoms with Crippen LogP contribution in [-0.2, 0) is 16.0 Å². The molecule has 0 heterocycles. The van der Waals surface area contributed by atoms with Crippen molar-refractivity contribution in [3.63, 3.8) is 0 Å². The Labute approximate surface area is 138 Å². The van der Waals surface area contributed by atoms with Crippen molar-refractivity contribution in [3.05, 3.63) is 64.4 Å². The average Bonchev–Trinajstić information content (AvgIpc) is 2.54. The van der Waals surface area contributed by atoms with E-state index in [-0.39, 0.29) is 23.6 Å². The highest BCUT2D eigenvalue weighted by Gasteiger charge is 2.12. The molecule has 0 aliphatic rings. The van der Waals surface area contributed by atoms with Gasteiger partial charge in [0.05, 0.1) is 18.4 Å². The first-order chi connectivity index (χ1) is 11.0. The summed E-state index contributed by atoms with van der Waals surface area (Å²) in [6.07, 6.45) is 0.687. The lowest BCUT2D eigenvalue weighted by Crippen LogP contribution is -2.14. The van der Waals surface area contributed by atoms with Crippen molar-refractivity contribution in [2.24, 2.45) is 0 Å². The number of aryl methyl sites for hydroxylation is 1. The fourth-order valence-corrected chi connectivity index (χ4v) is 2.24. The van der Waals surface area contributed by atoms with Crippen LogP contribution in [0.1, 0.15) is 22.3 Å². The normalized spacial score (nSPS) is 10.2. The smallest absolute Gasteiger partial charge is 0.337 e. The highest BCUT2D eigenvalue weighted by molar-refractivity contribution is 6.30. The van der Waals surface area contributed by atoms with E-state index >= 15 is 0 Å². The van der Waals surface area contributed by atoms with Crippen LogP contribution in [0.15, 0.2) is 42.5 Å². The summed E-state index contributed by atoms with van der Waals surface area (Å²) in [6.45, 7) is 0. The molecule has 0 aliphatic heterocycles. The molecule has 23 heavy (non-hydrogen) atoms. The van der Waals surface area contributed by atoms with Gasteiger partial charge in [0.2, 0.25) is 5.91 Å². The lowest BCUT2D eigenvalue weighted by Gasteiger charge is -2.08. The molecule has 0 atom stereocenters. The fourth-order valence-electron chi connectivity index (χ4n) is 2.02. The van der Waals surface area contributed by atoms with Crippen LogP contribution in [0.25, 0.3) is 0 Å². The molecule has 0 saturated heterocycles. The Bertz CT molecular complexity index is 734. The van der Waals surface area contributed by atoms with E-state index in [1.165, 1.54) is 19.2 Å². The van der Waals surface area contributed by atoms with Crippen LogP contribution >= 0.6 is 11.6 Å². The fraction of sp³-hybridized carbons (Fsp3) is 0.176. The van der Waals surface area contributed by atoms with Crippen LogP contribution in [0.3, 0.4) is 0 Å². The average molecular weight is 336 g/mol. The second-order valence-electron chi connectivity index (χ2n) is 4.86. The Hall–Kier alpha value is -2.40. The minimum Gasteiger partial charge on any atom is -0.465 e. The third kappa shape index (κ3) is 4.79. The maximum absolute atomic E-state index is 13.9. The van der Waals surface area contributed by atoms with Gasteiger partial charge in [-0.25, -0.2) is 9.18 Å². The van der Waals surface area contributed by atoms with E-state index in [1.807, 2.05) is 6.07 Å². The van der Waals surface area contributed by atoms with Gasteiger partial charge in [0.15, 0.2) is 0 Å². The molecule has 4 nitrogen and oxygen atoms in total. The van der Waals surface area contributed by atoms with E-state index in [1.54, 1.807) is 18.2 Å². The molecule has 0 aliphatic carbocycles. The van der Waals surface area contributed by atoms with Gasteiger partial charge in [-0.05, 0) is 42.3 Å². The van der Waals surface area contributed by atoms with Crippen molar-refractivity contribution in [3.8, 4) is 0 Å². The molecule has 1 N–H and O–H groups in total. The van der Waals surface area contributed by atoms with Crippen molar-refractivity contribution in [2.75, 3.05) is 12.4 Å². The maximum Gasteiger partial charge on any atom is 0.337 e. The van der Waals surface area contributed by atoms with E-state index in [4.69, 9.17) is 11.6 Å². The summed E-state index contributed by atoms with van der Waals surface area (Å²) in [5.74, 6) is -1.65. The minimum atomic E-state index is -0.691. The summed E-state index contributed by atoms with van der Waals surface area (Å²) < 4.78 is 18.4. The lowest BCUT2D eigenvalue weighted by atomic mass is 10.1. The summed E-state index contributed by atoms with van der Waals surface area (Å²) in [5.41, 5.74) is 1.03. The van der Waals surface area contributed by atoms with Crippen molar-refractivity contribution < 1.29 is 18.7 Å². The molecule has 1 amide bonds. The Kier molecular flexibility index (Phi) is 5.71. The molecule has 0 bridgehead atoms. The number of hydrogen-bond donors (Lipinski definition) is 1. The predicted octanol–water partition coefficient (Wildman–Crippen LogP) is 3.84. The number of nitrogens with one attached hydrogen (secondary N) is 1. The quantitative estimate of drug-likeness (QED) is 0.845. The zero-order valence-electron chi connectivity index (χ0n) is 12.4. The second-order valence-corrected chi connectivity index (χ2v) is 5.30. The summed E-state index contributed by atoms with van der Waals surface area (Å²) in [6, 6.07) is 11.0. The van der Waals surface area contributed by atoms with Crippen molar-refractivity contribution in [2.45, 2.75) is 12.8 Å². The van der Waals surface area contributed by atoms with Gasteiger partial charge < -0.3 is 10.1 Å². The standard InChI is InChI=1S/C17H15ClFNO3/c1-23-17(22)12-6-7-15(14(19)10-12)20-16(21)8-5-11-3-2-4-13(18)9-11/h2-4,6-7,9-10H,5,8H2,1H3,(H,20,21). The van der Waals surface area contributed by atoms with Crippen LogP contribution in [0.5, 0.6) is 0 Å². The molecule has 2 aromatic rings. The van der Waals surface area contributed by atoms with E-state index in [9.17, 15) is 14.0 Å². The van der Waals surface area contributed by atoms with Crippen molar-refractivity contribution >= 4 is 29.2 Å². The molecule has 0 spiro atoms. The molecule has 2 aromatic carbocycles. The highest BCUT2D eigenvalue weighted by atomic mass is 35.5. The monoisotopic (exact) mass is 335 g/mol. The van der Waals surface area contributed by atoms with E-state index in [2.05, 4.69) is 10.1 Å². The van der Waals surface area contributed by atoms with Crippen LogP contribution in [-0.4, -0.2) is 19.0 Å². The van der Waals surface area contributed by atoms with Gasteiger partial charge in [-0.3, -0.25) is 4.79 Å². The zero-order chi connectivity index (χ0) is 16.8. The van der Waals surface area contributed by atoms with Gasteiger partial charge in [-0.15, -0.1) is 0 Å². The molecular weight excluding hydrogens is 321 g/mol. The first-order valence-electron chi connectivity index (χ1n) is 6.92. The van der Waals surface area contributed by atoms with Crippen LogP contribution < -0.4 is 5.32 Å². The van der Waals surface area contributed by atoms with E-state index in [0.717, 1.165) is 11.6 Å². The molecule has 6 heteroatoms. The number of carbonyl (C=O) groups is 2. The van der Waals surface area contributed by atoms with Gasteiger partial charge in [-0.1, -0.05) is 23.7 Å². The third-order valence-electron chi connectivity index (χ3n) is 3.19. The van der Waals surface area contributed by atoms with Crippen LogP contribution in [0, 0.1) is 5.82 Å². The first-order valence-corrected chi connectivity index (χ1v) is 7.29. The Morgan fingerprint density at radius 2 is 2.00 bits per heavy atom. The zero-order valence-corrected chi connectivity index (χ0v) is 13.2. The number of esters is 1. The van der Waals surface area contributed by atoms with Crippen molar-refractivity contribution in [1.29, 1.82) is 0 Å². The largest absolute Gasteiger partial charge is 0.465 e. The van der Waals surface area contributed by atoms with Gasteiger partial charge in [-0.2, -0.15) is 0 Å². The number of anilines is 1. The first kappa shape index (κ1) is 17.0. The number of ether oxygens (including phenoxy) is 1. The topological polar surface area (TPSA) is 55.4 Å². The molecule has 0 radical (unpaired) electrons. The third-order valence-corrected chi connectivity index (χ3v) is 3.43. The second kappa shape index (κ2) is 7.74. The molecule has 120 valence electrons. The number of carbonyl (C=O) groups excluding carboxylic acids is 2. The molecule has 0 unspecified atom stereocenters. The molecule has 0 aromatic heterocycles. The van der Waals surface area contributed by atoms with Crippen LogP contribution in [0.4, 0.5) is 10.1 Å². The summed E-state index contributed by atoms with van der Waals surface area (Å²) in [5, 5.41) is 3.08. The molecule has 2 rings (SSSR count). The Balaban J connectivity index is 1.96. The molecule has 0 fully saturated rings. The van der Waals surface area contributed by atoms with E-state index < -0.39 is 11.8 Å². The predicted molar refractivity (Wildman–Crippen MR) is 86.1 cm³/mol. The van der Waals surface area contributed by atoms with Crippen molar-refractivity contribution in [1.82, 2.24) is 0 Å². The number of methoxy groups -OCH3 is 1. The number of benzene rings is 2. The highest BCUT2D eigenvalue weighted by Crippen LogP contribution is 2.17. The van der Waals surface area contributed by atoms with Gasteiger partial charge in [0.1, 0.15) is 5.82 Å². The van der Waals surface area contributed by atoms with E-state index in [0.29, 0.717) is 11.4 Å².